The smallest absolute Gasteiger partial charge is 0.224 e. The van der Waals surface area contributed by atoms with E-state index in [2.05, 4.69) is 25.5 Å². The third-order valence-electron chi connectivity index (χ3n) is 4.65. The van der Waals surface area contributed by atoms with Crippen molar-refractivity contribution in [1.29, 1.82) is 0 Å². The van der Waals surface area contributed by atoms with E-state index < -0.39 is 0 Å². The Morgan fingerprint density at radius 1 is 1.08 bits per heavy atom. The van der Waals surface area contributed by atoms with Crippen molar-refractivity contribution in [3.05, 3.63) is 47.8 Å². The Kier molecular flexibility index (Phi) is 4.51. The van der Waals surface area contributed by atoms with Gasteiger partial charge in [-0.15, -0.1) is 15.3 Å². The molecule has 1 amide bonds. The van der Waals surface area contributed by atoms with E-state index in [1.54, 1.807) is 4.52 Å². The molecule has 7 heteroatoms. The Bertz CT molecular complexity index is 911. The molecular weight excluding hydrogens is 328 g/mol. The van der Waals surface area contributed by atoms with Gasteiger partial charge in [0.1, 0.15) is 5.82 Å². The normalized spacial score (nSPS) is 14.1. The number of fused-ring (bicyclic) bond motifs is 1. The van der Waals surface area contributed by atoms with Crippen LogP contribution in [0.4, 0.5) is 11.5 Å². The van der Waals surface area contributed by atoms with Crippen molar-refractivity contribution in [2.75, 3.05) is 23.3 Å². The van der Waals surface area contributed by atoms with Crippen LogP contribution in [0.3, 0.4) is 0 Å². The number of nitrogens with one attached hydrogen (secondary N) is 1. The lowest BCUT2D eigenvalue weighted by Gasteiger charge is -2.15. The first-order valence-electron chi connectivity index (χ1n) is 9.02. The predicted molar refractivity (Wildman–Crippen MR) is 100 cm³/mol. The van der Waals surface area contributed by atoms with E-state index in [-0.39, 0.29) is 5.91 Å². The molecule has 7 nitrogen and oxygen atoms in total. The third kappa shape index (κ3) is 3.51. The molecular formula is C19H22N6O. The second-order valence-electron chi connectivity index (χ2n) is 6.69. The Morgan fingerprint density at radius 2 is 1.85 bits per heavy atom. The fourth-order valence-corrected chi connectivity index (χ4v) is 3.18. The van der Waals surface area contributed by atoms with E-state index in [9.17, 15) is 4.79 Å². The molecule has 0 aliphatic carbocycles. The van der Waals surface area contributed by atoms with Crippen LogP contribution in [0, 0.1) is 6.92 Å². The summed E-state index contributed by atoms with van der Waals surface area (Å²) in [5, 5.41) is 15.9. The van der Waals surface area contributed by atoms with Gasteiger partial charge in [-0.05, 0) is 44.0 Å². The summed E-state index contributed by atoms with van der Waals surface area (Å²) in [4.78, 5) is 14.5. The van der Waals surface area contributed by atoms with Gasteiger partial charge in [0, 0.05) is 31.6 Å². The van der Waals surface area contributed by atoms with Gasteiger partial charge >= 0.3 is 0 Å². The van der Waals surface area contributed by atoms with Crippen LogP contribution >= 0.6 is 0 Å². The summed E-state index contributed by atoms with van der Waals surface area (Å²) >= 11 is 0. The maximum atomic E-state index is 12.2. The molecule has 0 radical (unpaired) electrons. The minimum Gasteiger partial charge on any atom is -0.355 e. The van der Waals surface area contributed by atoms with Crippen molar-refractivity contribution in [1.82, 2.24) is 19.8 Å². The summed E-state index contributed by atoms with van der Waals surface area (Å²) in [6.07, 6.45) is 3.24. The van der Waals surface area contributed by atoms with Gasteiger partial charge in [0.05, 0.1) is 0 Å². The number of carbonyl (C=O) groups is 1. The quantitative estimate of drug-likeness (QED) is 0.765. The second-order valence-corrected chi connectivity index (χ2v) is 6.69. The van der Waals surface area contributed by atoms with E-state index in [1.165, 1.54) is 12.8 Å². The van der Waals surface area contributed by atoms with Crippen LogP contribution in [0.15, 0.2) is 36.4 Å². The van der Waals surface area contributed by atoms with Gasteiger partial charge in [-0.1, -0.05) is 17.7 Å². The molecule has 26 heavy (non-hydrogen) atoms. The highest BCUT2D eigenvalue weighted by Crippen LogP contribution is 2.18. The standard InChI is InChI=1S/C19H22N6O/c1-14-4-6-15(7-5-14)20-19(26)11-10-17-22-21-16-8-9-18(23-25(16)17)24-12-2-3-13-24/h4-9H,2-3,10-13H2,1H3,(H,20,26). The van der Waals surface area contributed by atoms with E-state index >= 15 is 0 Å². The number of anilines is 2. The molecule has 0 spiro atoms. The lowest BCUT2D eigenvalue weighted by Crippen LogP contribution is -2.20. The minimum absolute atomic E-state index is 0.0405. The summed E-state index contributed by atoms with van der Waals surface area (Å²) < 4.78 is 1.76. The van der Waals surface area contributed by atoms with Crippen LogP contribution in [-0.4, -0.2) is 38.8 Å². The van der Waals surface area contributed by atoms with Crippen molar-refractivity contribution in [3.63, 3.8) is 0 Å². The molecule has 0 saturated carbocycles. The first kappa shape index (κ1) is 16.5. The van der Waals surface area contributed by atoms with Crippen LogP contribution in [0.2, 0.25) is 0 Å². The summed E-state index contributed by atoms with van der Waals surface area (Å²) in [5.41, 5.74) is 2.68. The summed E-state index contributed by atoms with van der Waals surface area (Å²) in [6, 6.07) is 11.7. The molecule has 4 rings (SSSR count). The van der Waals surface area contributed by atoms with Gasteiger partial charge < -0.3 is 10.2 Å². The first-order valence-corrected chi connectivity index (χ1v) is 9.02. The molecule has 0 bridgehead atoms. The Labute approximate surface area is 152 Å². The van der Waals surface area contributed by atoms with Crippen molar-refractivity contribution in [2.45, 2.75) is 32.6 Å². The topological polar surface area (TPSA) is 75.4 Å². The van der Waals surface area contributed by atoms with Crippen molar-refractivity contribution < 1.29 is 4.79 Å². The lowest BCUT2D eigenvalue weighted by atomic mass is 10.2. The lowest BCUT2D eigenvalue weighted by molar-refractivity contribution is -0.116. The molecule has 134 valence electrons. The number of hydrogen-bond acceptors (Lipinski definition) is 5. The fraction of sp³-hybridized carbons (Fsp3) is 0.368. The molecule has 1 fully saturated rings. The average molecular weight is 350 g/mol. The first-order chi connectivity index (χ1) is 12.7. The summed E-state index contributed by atoms with van der Waals surface area (Å²) in [6.45, 7) is 4.09. The van der Waals surface area contributed by atoms with Crippen LogP contribution in [0.25, 0.3) is 5.65 Å². The van der Waals surface area contributed by atoms with Gasteiger partial charge in [0.2, 0.25) is 5.91 Å². The zero-order chi connectivity index (χ0) is 17.9. The number of hydrogen-bond donors (Lipinski definition) is 1. The monoisotopic (exact) mass is 350 g/mol. The van der Waals surface area contributed by atoms with Crippen LogP contribution in [0.5, 0.6) is 0 Å². The number of aromatic nitrogens is 4. The average Bonchev–Trinajstić information content (AvgIpc) is 3.31. The highest BCUT2D eigenvalue weighted by molar-refractivity contribution is 5.90. The fourth-order valence-electron chi connectivity index (χ4n) is 3.18. The van der Waals surface area contributed by atoms with E-state index in [4.69, 9.17) is 0 Å². The van der Waals surface area contributed by atoms with E-state index in [0.29, 0.717) is 24.3 Å². The highest BCUT2D eigenvalue weighted by atomic mass is 16.1. The molecule has 1 N–H and O–H groups in total. The zero-order valence-corrected chi connectivity index (χ0v) is 14.9. The maximum Gasteiger partial charge on any atom is 0.224 e. The van der Waals surface area contributed by atoms with Crippen LogP contribution in [-0.2, 0) is 11.2 Å². The Balaban J connectivity index is 1.43. The summed E-state index contributed by atoms with van der Waals surface area (Å²) in [7, 11) is 0. The molecule has 3 heterocycles. The SMILES string of the molecule is Cc1ccc(NC(=O)CCc2nnc3ccc(N4CCCC4)nn23)cc1. The van der Waals surface area contributed by atoms with Gasteiger partial charge in [0.25, 0.3) is 0 Å². The number of amides is 1. The van der Waals surface area contributed by atoms with Gasteiger partial charge in [-0.25, -0.2) is 0 Å². The van der Waals surface area contributed by atoms with Crippen LogP contribution < -0.4 is 10.2 Å². The molecule has 3 aromatic rings. The molecule has 1 aliphatic rings. The number of aryl methyl sites for hydroxylation is 2. The molecule has 2 aromatic heterocycles. The Hall–Kier alpha value is -2.96. The van der Waals surface area contributed by atoms with Gasteiger partial charge in [-0.3, -0.25) is 4.79 Å². The number of rotatable bonds is 5. The van der Waals surface area contributed by atoms with E-state index in [1.807, 2.05) is 43.3 Å². The van der Waals surface area contributed by atoms with Crippen molar-refractivity contribution >= 4 is 23.1 Å². The molecule has 1 aliphatic heterocycles. The van der Waals surface area contributed by atoms with Crippen molar-refractivity contribution in [2.24, 2.45) is 0 Å². The second kappa shape index (κ2) is 7.11. The number of benzene rings is 1. The van der Waals surface area contributed by atoms with Crippen LogP contribution in [0.1, 0.15) is 30.7 Å². The molecule has 1 saturated heterocycles. The van der Waals surface area contributed by atoms with Gasteiger partial charge in [-0.2, -0.15) is 4.52 Å². The zero-order valence-electron chi connectivity index (χ0n) is 14.9. The predicted octanol–water partition coefficient (Wildman–Crippen LogP) is 2.60. The molecule has 0 atom stereocenters. The van der Waals surface area contributed by atoms with Crippen molar-refractivity contribution in [3.8, 4) is 0 Å². The number of nitrogens with zero attached hydrogens (tertiary/aromatic N) is 5. The maximum absolute atomic E-state index is 12.2. The van der Waals surface area contributed by atoms with Gasteiger partial charge in [0.15, 0.2) is 11.5 Å². The minimum atomic E-state index is -0.0405. The third-order valence-corrected chi connectivity index (χ3v) is 4.65. The largest absolute Gasteiger partial charge is 0.355 e. The number of carbonyl (C=O) groups excluding carboxylic acids is 1. The Morgan fingerprint density at radius 3 is 2.62 bits per heavy atom. The summed E-state index contributed by atoms with van der Waals surface area (Å²) in [5.74, 6) is 1.61. The molecule has 0 unspecified atom stereocenters. The van der Waals surface area contributed by atoms with E-state index in [0.717, 1.165) is 30.2 Å². The highest BCUT2D eigenvalue weighted by Gasteiger charge is 2.16. The molecule has 1 aromatic carbocycles.